The van der Waals surface area contributed by atoms with Crippen LogP contribution in [0.3, 0.4) is 0 Å². The zero-order chi connectivity index (χ0) is 26.5. The number of amides is 1. The quantitative estimate of drug-likeness (QED) is 0.279. The minimum Gasteiger partial charge on any atom is -0.346 e. The number of allylic oxidation sites excluding steroid dienone is 1. The standard InChI is InChI=1S/C27H21Cl2F3N4O/c1-14(18-9-5-7-16-6-3-4-8-19(16)18)34-26(37)24-15(2)33-23-13-22(27(30,31)32)35-36(23)25(24)17-10-11-20(28)21(29)12-17/h3-14,25,33H,1-2H3,(H,34,37)/t14-,25?/m1/s1. The topological polar surface area (TPSA) is 59.0 Å². The summed E-state index contributed by atoms with van der Waals surface area (Å²) >= 11 is 12.3. The molecule has 5 rings (SSSR count). The van der Waals surface area contributed by atoms with Crippen molar-refractivity contribution in [1.82, 2.24) is 15.1 Å². The van der Waals surface area contributed by atoms with Crippen molar-refractivity contribution in [3.8, 4) is 0 Å². The molecule has 1 amide bonds. The van der Waals surface area contributed by atoms with Crippen LogP contribution in [0.15, 0.2) is 78.0 Å². The molecule has 0 saturated heterocycles. The van der Waals surface area contributed by atoms with Gasteiger partial charge >= 0.3 is 6.18 Å². The van der Waals surface area contributed by atoms with Gasteiger partial charge in [0.25, 0.3) is 5.91 Å². The fourth-order valence-corrected chi connectivity index (χ4v) is 4.98. The SMILES string of the molecule is CC1=C(C(=O)N[C@H](C)c2cccc3ccccc23)C(c2ccc(Cl)c(Cl)c2)n2nc(C(F)(F)F)cc2N1. The van der Waals surface area contributed by atoms with Gasteiger partial charge in [-0.3, -0.25) is 4.79 Å². The molecule has 1 unspecified atom stereocenters. The van der Waals surface area contributed by atoms with E-state index in [1.807, 2.05) is 49.4 Å². The maximum absolute atomic E-state index is 13.7. The lowest BCUT2D eigenvalue weighted by atomic mass is 9.94. The highest BCUT2D eigenvalue weighted by atomic mass is 35.5. The molecule has 1 aliphatic rings. The van der Waals surface area contributed by atoms with E-state index in [1.165, 1.54) is 6.07 Å². The van der Waals surface area contributed by atoms with E-state index in [0.29, 0.717) is 11.3 Å². The molecule has 0 radical (unpaired) electrons. The van der Waals surface area contributed by atoms with E-state index in [1.54, 1.807) is 19.1 Å². The number of anilines is 1. The van der Waals surface area contributed by atoms with Crippen molar-refractivity contribution < 1.29 is 18.0 Å². The monoisotopic (exact) mass is 544 g/mol. The number of carbonyl (C=O) groups is 1. The molecule has 5 nitrogen and oxygen atoms in total. The predicted molar refractivity (Wildman–Crippen MR) is 139 cm³/mol. The molecule has 2 heterocycles. The highest BCUT2D eigenvalue weighted by molar-refractivity contribution is 6.42. The molecule has 1 aliphatic heterocycles. The van der Waals surface area contributed by atoms with Gasteiger partial charge in [-0.25, -0.2) is 4.68 Å². The van der Waals surface area contributed by atoms with E-state index in [-0.39, 0.29) is 21.4 Å². The van der Waals surface area contributed by atoms with Crippen LogP contribution < -0.4 is 10.6 Å². The van der Waals surface area contributed by atoms with Gasteiger partial charge in [0.15, 0.2) is 5.69 Å². The van der Waals surface area contributed by atoms with E-state index < -0.39 is 29.9 Å². The van der Waals surface area contributed by atoms with E-state index in [4.69, 9.17) is 23.2 Å². The number of nitrogens with one attached hydrogen (secondary N) is 2. The molecule has 2 atom stereocenters. The van der Waals surface area contributed by atoms with Crippen LogP contribution in [0, 0.1) is 0 Å². The summed E-state index contributed by atoms with van der Waals surface area (Å²) in [4.78, 5) is 13.7. The zero-order valence-corrected chi connectivity index (χ0v) is 21.2. The molecule has 0 aliphatic carbocycles. The summed E-state index contributed by atoms with van der Waals surface area (Å²) in [7, 11) is 0. The van der Waals surface area contributed by atoms with E-state index in [2.05, 4.69) is 15.7 Å². The van der Waals surface area contributed by atoms with Crippen LogP contribution in [-0.2, 0) is 11.0 Å². The summed E-state index contributed by atoms with van der Waals surface area (Å²) in [6.07, 6.45) is -4.66. The lowest BCUT2D eigenvalue weighted by Gasteiger charge is -2.30. The first-order valence-corrected chi connectivity index (χ1v) is 12.2. The Morgan fingerprint density at radius 3 is 2.51 bits per heavy atom. The maximum Gasteiger partial charge on any atom is 0.435 e. The molecular weight excluding hydrogens is 524 g/mol. The highest BCUT2D eigenvalue weighted by Gasteiger charge is 2.40. The number of hydrogen-bond donors (Lipinski definition) is 2. The Balaban J connectivity index is 1.57. The van der Waals surface area contributed by atoms with Crippen LogP contribution in [0.5, 0.6) is 0 Å². The van der Waals surface area contributed by atoms with Crippen LogP contribution in [0.1, 0.15) is 42.8 Å². The number of carbonyl (C=O) groups excluding carboxylic acids is 1. The van der Waals surface area contributed by atoms with Crippen molar-refractivity contribution in [3.63, 3.8) is 0 Å². The Bertz CT molecular complexity index is 1560. The first-order valence-electron chi connectivity index (χ1n) is 11.4. The summed E-state index contributed by atoms with van der Waals surface area (Å²) in [6.45, 7) is 3.51. The predicted octanol–water partition coefficient (Wildman–Crippen LogP) is 7.53. The van der Waals surface area contributed by atoms with Gasteiger partial charge in [0, 0.05) is 11.8 Å². The third kappa shape index (κ3) is 4.67. The van der Waals surface area contributed by atoms with Crippen LogP contribution in [-0.4, -0.2) is 15.7 Å². The van der Waals surface area contributed by atoms with Crippen LogP contribution in [0.25, 0.3) is 10.8 Å². The van der Waals surface area contributed by atoms with Crippen molar-refractivity contribution >= 4 is 45.7 Å². The first kappa shape index (κ1) is 25.2. The second kappa shape index (κ2) is 9.43. The van der Waals surface area contributed by atoms with Crippen molar-refractivity contribution in [2.75, 3.05) is 5.32 Å². The van der Waals surface area contributed by atoms with Gasteiger partial charge in [0.1, 0.15) is 11.9 Å². The van der Waals surface area contributed by atoms with Crippen molar-refractivity contribution in [2.24, 2.45) is 0 Å². The number of aromatic nitrogens is 2. The zero-order valence-electron chi connectivity index (χ0n) is 19.7. The Hall–Kier alpha value is -3.49. The molecule has 190 valence electrons. The molecule has 37 heavy (non-hydrogen) atoms. The maximum atomic E-state index is 13.7. The number of halogens is 5. The van der Waals surface area contributed by atoms with Gasteiger partial charge in [-0.2, -0.15) is 18.3 Å². The molecule has 3 aromatic carbocycles. The second-order valence-corrected chi connectivity index (χ2v) is 9.67. The van der Waals surface area contributed by atoms with Gasteiger partial charge in [0.05, 0.1) is 21.7 Å². The van der Waals surface area contributed by atoms with Gasteiger partial charge in [0.2, 0.25) is 0 Å². The number of alkyl halides is 3. The average molecular weight is 545 g/mol. The highest BCUT2D eigenvalue weighted by Crippen LogP contribution is 2.41. The third-order valence-electron chi connectivity index (χ3n) is 6.41. The van der Waals surface area contributed by atoms with E-state index in [9.17, 15) is 18.0 Å². The molecule has 0 spiro atoms. The summed E-state index contributed by atoms with van der Waals surface area (Å²) in [5, 5.41) is 12.3. The summed E-state index contributed by atoms with van der Waals surface area (Å²) in [5.41, 5.74) is 0.934. The summed E-state index contributed by atoms with van der Waals surface area (Å²) in [6, 6.07) is 17.9. The normalized spacial score (nSPS) is 16.4. The van der Waals surface area contributed by atoms with E-state index in [0.717, 1.165) is 27.1 Å². The van der Waals surface area contributed by atoms with E-state index >= 15 is 0 Å². The summed E-state index contributed by atoms with van der Waals surface area (Å²) < 4.78 is 41.7. The third-order valence-corrected chi connectivity index (χ3v) is 7.14. The van der Waals surface area contributed by atoms with Gasteiger partial charge < -0.3 is 10.6 Å². The number of nitrogens with zero attached hydrogens (tertiary/aromatic N) is 2. The minimum absolute atomic E-state index is 0.111. The minimum atomic E-state index is -4.66. The second-order valence-electron chi connectivity index (χ2n) is 8.86. The van der Waals surface area contributed by atoms with Crippen LogP contribution in [0.4, 0.5) is 19.0 Å². The molecule has 0 saturated carbocycles. The number of hydrogen-bond acceptors (Lipinski definition) is 3. The smallest absolute Gasteiger partial charge is 0.346 e. The molecule has 1 aromatic heterocycles. The fourth-order valence-electron chi connectivity index (χ4n) is 4.67. The summed E-state index contributed by atoms with van der Waals surface area (Å²) in [5.74, 6) is -0.337. The van der Waals surface area contributed by atoms with Crippen LogP contribution in [0.2, 0.25) is 10.0 Å². The molecule has 0 bridgehead atoms. The van der Waals surface area contributed by atoms with Gasteiger partial charge in [-0.15, -0.1) is 0 Å². The Morgan fingerprint density at radius 1 is 1.05 bits per heavy atom. The Morgan fingerprint density at radius 2 is 1.78 bits per heavy atom. The van der Waals surface area contributed by atoms with Gasteiger partial charge in [-0.05, 0) is 47.9 Å². The fraction of sp³-hybridized carbons (Fsp3) is 0.185. The lowest BCUT2D eigenvalue weighted by molar-refractivity contribution is -0.141. The molecule has 2 N–H and O–H groups in total. The molecular formula is C27H21Cl2F3N4O. The van der Waals surface area contributed by atoms with Crippen molar-refractivity contribution in [2.45, 2.75) is 32.1 Å². The molecule has 0 fully saturated rings. The van der Waals surface area contributed by atoms with Gasteiger partial charge in [-0.1, -0.05) is 71.7 Å². The number of fused-ring (bicyclic) bond motifs is 2. The Kier molecular flexibility index (Phi) is 6.41. The Labute approximate surface area is 220 Å². The molecule has 10 heteroatoms. The average Bonchev–Trinajstić information content (AvgIpc) is 3.28. The first-order chi connectivity index (χ1) is 17.5. The molecule has 4 aromatic rings. The number of benzene rings is 3. The van der Waals surface area contributed by atoms with Crippen LogP contribution >= 0.6 is 23.2 Å². The lowest BCUT2D eigenvalue weighted by Crippen LogP contribution is -2.36. The largest absolute Gasteiger partial charge is 0.435 e. The van der Waals surface area contributed by atoms with Crippen molar-refractivity contribution in [1.29, 1.82) is 0 Å². The van der Waals surface area contributed by atoms with Crippen molar-refractivity contribution in [3.05, 3.63) is 105 Å². The number of rotatable bonds is 4.